The molecule has 1 aromatic rings. The normalized spacial score (nSPS) is 12.3. The molecule has 0 amide bonds. The van der Waals surface area contributed by atoms with Crippen LogP contribution in [0.4, 0.5) is 0 Å². The van der Waals surface area contributed by atoms with Crippen LogP contribution >= 0.6 is 0 Å². The molecule has 0 aromatic heterocycles. The molecule has 3 nitrogen and oxygen atoms in total. The van der Waals surface area contributed by atoms with E-state index in [0.29, 0.717) is 0 Å². The first-order chi connectivity index (χ1) is 7.63. The third kappa shape index (κ3) is 2.67. The molecule has 0 saturated carbocycles. The molecule has 1 rings (SSSR count). The summed E-state index contributed by atoms with van der Waals surface area (Å²) in [4.78, 5) is 0. The van der Waals surface area contributed by atoms with Crippen molar-refractivity contribution in [3.63, 3.8) is 0 Å². The van der Waals surface area contributed by atoms with Crippen molar-refractivity contribution in [1.82, 2.24) is 0 Å². The molecular weight excluding hydrogens is 202 g/mol. The Labute approximate surface area is 97.6 Å². The Morgan fingerprint density at radius 2 is 1.94 bits per heavy atom. The lowest BCUT2D eigenvalue weighted by atomic mass is 9.98. The van der Waals surface area contributed by atoms with E-state index >= 15 is 0 Å². The van der Waals surface area contributed by atoms with Crippen LogP contribution in [0.5, 0.6) is 11.5 Å². The molecule has 0 heterocycles. The van der Waals surface area contributed by atoms with Gasteiger partial charge < -0.3 is 15.2 Å². The van der Waals surface area contributed by atoms with E-state index < -0.39 is 0 Å². The Morgan fingerprint density at radius 1 is 1.25 bits per heavy atom. The highest BCUT2D eigenvalue weighted by atomic mass is 16.5. The molecule has 0 aliphatic heterocycles. The first-order valence-corrected chi connectivity index (χ1v) is 5.62. The van der Waals surface area contributed by atoms with Gasteiger partial charge in [0.25, 0.3) is 0 Å². The van der Waals surface area contributed by atoms with E-state index in [2.05, 4.69) is 13.0 Å². The first kappa shape index (κ1) is 12.8. The Morgan fingerprint density at radius 3 is 2.38 bits per heavy atom. The molecule has 0 radical (unpaired) electrons. The van der Waals surface area contributed by atoms with Crippen LogP contribution in [0.15, 0.2) is 12.1 Å². The highest BCUT2D eigenvalue weighted by Crippen LogP contribution is 2.34. The Bertz CT molecular complexity index is 348. The van der Waals surface area contributed by atoms with Crippen LogP contribution in [-0.2, 0) is 12.8 Å². The maximum atomic E-state index is 5.84. The standard InChI is InChI=1S/C13H21NO2/c1-5-11-10(8-9(2)14)6-7-12(15-3)13(11)16-4/h6-7,9H,5,8,14H2,1-4H3. The lowest BCUT2D eigenvalue weighted by molar-refractivity contribution is 0.351. The summed E-state index contributed by atoms with van der Waals surface area (Å²) in [6.07, 6.45) is 1.78. The number of methoxy groups -OCH3 is 2. The number of benzene rings is 1. The highest BCUT2D eigenvalue weighted by molar-refractivity contribution is 5.51. The summed E-state index contributed by atoms with van der Waals surface area (Å²) in [5.41, 5.74) is 8.28. The molecule has 0 aliphatic carbocycles. The number of rotatable bonds is 5. The molecule has 1 atom stereocenters. The molecule has 16 heavy (non-hydrogen) atoms. The zero-order valence-electron chi connectivity index (χ0n) is 10.5. The molecule has 3 heteroatoms. The zero-order chi connectivity index (χ0) is 12.1. The van der Waals surface area contributed by atoms with Gasteiger partial charge in [0.15, 0.2) is 11.5 Å². The molecule has 1 aromatic carbocycles. The molecule has 0 fully saturated rings. The third-order valence-electron chi connectivity index (χ3n) is 2.64. The van der Waals surface area contributed by atoms with Crippen molar-refractivity contribution >= 4 is 0 Å². The molecule has 1 unspecified atom stereocenters. The van der Waals surface area contributed by atoms with Gasteiger partial charge in [0.1, 0.15) is 0 Å². The fourth-order valence-corrected chi connectivity index (χ4v) is 1.96. The minimum absolute atomic E-state index is 0.156. The van der Waals surface area contributed by atoms with E-state index in [-0.39, 0.29) is 6.04 Å². The minimum Gasteiger partial charge on any atom is -0.493 e. The van der Waals surface area contributed by atoms with E-state index in [4.69, 9.17) is 15.2 Å². The Balaban J connectivity index is 3.20. The van der Waals surface area contributed by atoms with Crippen LogP contribution in [0.3, 0.4) is 0 Å². The van der Waals surface area contributed by atoms with Crippen molar-refractivity contribution in [2.24, 2.45) is 5.73 Å². The van der Waals surface area contributed by atoms with Crippen molar-refractivity contribution in [3.05, 3.63) is 23.3 Å². The van der Waals surface area contributed by atoms with Gasteiger partial charge in [-0.05, 0) is 31.4 Å². The Kier molecular flexibility index (Phi) is 4.62. The number of ether oxygens (including phenoxy) is 2. The SMILES string of the molecule is CCc1c(CC(C)N)ccc(OC)c1OC. The monoisotopic (exact) mass is 223 g/mol. The molecule has 0 saturated heterocycles. The number of nitrogens with two attached hydrogens (primary N) is 1. The van der Waals surface area contributed by atoms with E-state index in [1.807, 2.05) is 13.0 Å². The van der Waals surface area contributed by atoms with E-state index in [1.54, 1.807) is 14.2 Å². The summed E-state index contributed by atoms with van der Waals surface area (Å²) < 4.78 is 10.7. The predicted molar refractivity (Wildman–Crippen MR) is 66.3 cm³/mol. The quantitative estimate of drug-likeness (QED) is 0.832. The van der Waals surface area contributed by atoms with Crippen LogP contribution < -0.4 is 15.2 Å². The fraction of sp³-hybridized carbons (Fsp3) is 0.538. The van der Waals surface area contributed by atoms with Crippen LogP contribution in [-0.4, -0.2) is 20.3 Å². The first-order valence-electron chi connectivity index (χ1n) is 5.62. The van der Waals surface area contributed by atoms with Crippen LogP contribution in [0, 0.1) is 0 Å². The van der Waals surface area contributed by atoms with Gasteiger partial charge in [0.2, 0.25) is 0 Å². The summed E-state index contributed by atoms with van der Waals surface area (Å²) in [6, 6.07) is 4.17. The van der Waals surface area contributed by atoms with Gasteiger partial charge in [-0.1, -0.05) is 13.0 Å². The smallest absolute Gasteiger partial charge is 0.164 e. The average Bonchev–Trinajstić information content (AvgIpc) is 2.27. The average molecular weight is 223 g/mol. The molecular formula is C13H21NO2. The van der Waals surface area contributed by atoms with Gasteiger partial charge in [-0.2, -0.15) is 0 Å². The Hall–Kier alpha value is -1.22. The predicted octanol–water partition coefficient (Wildman–Crippen LogP) is 2.16. The van der Waals surface area contributed by atoms with Gasteiger partial charge in [0, 0.05) is 11.6 Å². The van der Waals surface area contributed by atoms with Crippen molar-refractivity contribution in [2.75, 3.05) is 14.2 Å². The van der Waals surface area contributed by atoms with Crippen LogP contribution in [0.25, 0.3) is 0 Å². The third-order valence-corrected chi connectivity index (χ3v) is 2.64. The van der Waals surface area contributed by atoms with Gasteiger partial charge in [-0.3, -0.25) is 0 Å². The number of hydrogen-bond donors (Lipinski definition) is 1. The van der Waals surface area contributed by atoms with Crippen molar-refractivity contribution < 1.29 is 9.47 Å². The van der Waals surface area contributed by atoms with Crippen molar-refractivity contribution in [1.29, 1.82) is 0 Å². The van der Waals surface area contributed by atoms with Gasteiger partial charge >= 0.3 is 0 Å². The minimum atomic E-state index is 0.156. The molecule has 0 aliphatic rings. The van der Waals surface area contributed by atoms with Crippen molar-refractivity contribution in [2.45, 2.75) is 32.7 Å². The maximum absolute atomic E-state index is 5.84. The number of hydrogen-bond acceptors (Lipinski definition) is 3. The summed E-state index contributed by atoms with van der Waals surface area (Å²) in [6.45, 7) is 4.12. The fourth-order valence-electron chi connectivity index (χ4n) is 1.96. The van der Waals surface area contributed by atoms with E-state index in [1.165, 1.54) is 11.1 Å². The second-order valence-corrected chi connectivity index (χ2v) is 3.97. The van der Waals surface area contributed by atoms with E-state index in [9.17, 15) is 0 Å². The molecule has 90 valence electrons. The van der Waals surface area contributed by atoms with Crippen molar-refractivity contribution in [3.8, 4) is 11.5 Å². The molecule has 2 N–H and O–H groups in total. The maximum Gasteiger partial charge on any atom is 0.164 e. The van der Waals surface area contributed by atoms with Crippen LogP contribution in [0.1, 0.15) is 25.0 Å². The van der Waals surface area contributed by atoms with E-state index in [0.717, 1.165) is 24.3 Å². The molecule has 0 bridgehead atoms. The topological polar surface area (TPSA) is 44.5 Å². The second kappa shape index (κ2) is 5.75. The lowest BCUT2D eigenvalue weighted by Gasteiger charge is -2.17. The summed E-state index contributed by atoms with van der Waals surface area (Å²) in [5, 5.41) is 0. The summed E-state index contributed by atoms with van der Waals surface area (Å²) in [5.74, 6) is 1.62. The summed E-state index contributed by atoms with van der Waals surface area (Å²) >= 11 is 0. The summed E-state index contributed by atoms with van der Waals surface area (Å²) in [7, 11) is 3.33. The second-order valence-electron chi connectivity index (χ2n) is 3.97. The van der Waals surface area contributed by atoms with Crippen LogP contribution in [0.2, 0.25) is 0 Å². The lowest BCUT2D eigenvalue weighted by Crippen LogP contribution is -2.19. The zero-order valence-corrected chi connectivity index (χ0v) is 10.5. The highest BCUT2D eigenvalue weighted by Gasteiger charge is 2.13. The van der Waals surface area contributed by atoms with Gasteiger partial charge in [-0.15, -0.1) is 0 Å². The van der Waals surface area contributed by atoms with Gasteiger partial charge in [0.05, 0.1) is 14.2 Å². The molecule has 0 spiro atoms. The largest absolute Gasteiger partial charge is 0.493 e. The van der Waals surface area contributed by atoms with Gasteiger partial charge in [-0.25, -0.2) is 0 Å².